The van der Waals surface area contributed by atoms with Crippen molar-refractivity contribution in [2.45, 2.75) is 32.7 Å². The summed E-state index contributed by atoms with van der Waals surface area (Å²) >= 11 is 5.86. The van der Waals surface area contributed by atoms with E-state index in [9.17, 15) is 4.79 Å². The van der Waals surface area contributed by atoms with Crippen LogP contribution in [0.1, 0.15) is 41.4 Å². The van der Waals surface area contributed by atoms with Gasteiger partial charge in [-0.2, -0.15) is 0 Å². The van der Waals surface area contributed by atoms with E-state index in [2.05, 4.69) is 37.5 Å². The summed E-state index contributed by atoms with van der Waals surface area (Å²) in [6, 6.07) is 13.5. The van der Waals surface area contributed by atoms with Crippen molar-refractivity contribution in [3.63, 3.8) is 0 Å². The molecular formula is C26H27ClN6O. The largest absolute Gasteiger partial charge is 0.369 e. The van der Waals surface area contributed by atoms with Crippen LogP contribution in [0.15, 0.2) is 61.2 Å². The molecule has 3 aromatic heterocycles. The second-order valence-corrected chi connectivity index (χ2v) is 8.70. The predicted molar refractivity (Wildman–Crippen MR) is 136 cm³/mol. The van der Waals surface area contributed by atoms with E-state index in [0.717, 1.165) is 39.2 Å². The highest BCUT2D eigenvalue weighted by molar-refractivity contribution is 6.18. The Morgan fingerprint density at radius 2 is 1.91 bits per heavy atom. The highest BCUT2D eigenvalue weighted by Gasteiger charge is 2.17. The lowest BCUT2D eigenvalue weighted by Gasteiger charge is -2.17. The molecule has 0 aliphatic carbocycles. The monoisotopic (exact) mass is 474 g/mol. The average Bonchev–Trinajstić information content (AvgIpc) is 2.87. The molecule has 174 valence electrons. The predicted octanol–water partition coefficient (Wildman–Crippen LogP) is 4.97. The van der Waals surface area contributed by atoms with E-state index in [1.807, 2.05) is 56.4 Å². The van der Waals surface area contributed by atoms with Crippen LogP contribution >= 0.6 is 11.6 Å². The molecule has 4 rings (SSSR count). The second kappa shape index (κ2) is 10.6. The summed E-state index contributed by atoms with van der Waals surface area (Å²) in [4.78, 5) is 30.4. The molecule has 1 aromatic carbocycles. The topological polar surface area (TPSA) is 92.7 Å². The van der Waals surface area contributed by atoms with Gasteiger partial charge in [-0.1, -0.05) is 25.1 Å². The zero-order valence-corrected chi connectivity index (χ0v) is 20.2. The number of hydrogen-bond acceptors (Lipinski definition) is 6. The van der Waals surface area contributed by atoms with E-state index in [1.165, 1.54) is 0 Å². The third kappa shape index (κ3) is 5.31. The number of fused-ring (bicyclic) bond motifs is 1. The molecule has 0 saturated heterocycles. The molecule has 0 aliphatic heterocycles. The number of benzene rings is 1. The molecule has 0 radical (unpaired) electrons. The number of carbonyl (C=O) groups is 1. The minimum atomic E-state index is -0.150. The maximum Gasteiger partial charge on any atom is 0.252 e. The number of anilines is 1. The van der Waals surface area contributed by atoms with Crippen molar-refractivity contribution in [1.82, 2.24) is 25.3 Å². The Labute approximate surface area is 204 Å². The van der Waals surface area contributed by atoms with E-state index in [1.54, 1.807) is 18.6 Å². The van der Waals surface area contributed by atoms with Crippen LogP contribution in [-0.2, 0) is 0 Å². The van der Waals surface area contributed by atoms with Gasteiger partial charge < -0.3 is 10.6 Å². The molecule has 8 heteroatoms. The Bertz CT molecular complexity index is 1290. The van der Waals surface area contributed by atoms with Gasteiger partial charge in [0.05, 0.1) is 16.8 Å². The van der Waals surface area contributed by atoms with Crippen molar-refractivity contribution in [3.05, 3.63) is 78.0 Å². The Kier molecular flexibility index (Phi) is 7.33. The van der Waals surface area contributed by atoms with Gasteiger partial charge in [-0.05, 0) is 37.6 Å². The van der Waals surface area contributed by atoms with Crippen molar-refractivity contribution in [1.29, 1.82) is 0 Å². The number of carbonyl (C=O) groups excluding carboxylic acids is 1. The van der Waals surface area contributed by atoms with Crippen LogP contribution in [-0.4, -0.2) is 44.3 Å². The SMILES string of the molecule is Cc1ccc(-c2cc(NC[C@@H](C)c3cccc4c(C(=O)NC(C)CCl)ccnc34)ncn2)cn1. The molecule has 3 heterocycles. The first kappa shape index (κ1) is 23.6. The number of para-hydroxylation sites is 1. The van der Waals surface area contributed by atoms with E-state index in [0.29, 0.717) is 18.0 Å². The number of alkyl halides is 1. The molecule has 2 N–H and O–H groups in total. The van der Waals surface area contributed by atoms with Crippen molar-refractivity contribution < 1.29 is 4.79 Å². The van der Waals surface area contributed by atoms with Crippen LogP contribution in [0.2, 0.25) is 0 Å². The number of aromatic nitrogens is 4. The molecule has 0 bridgehead atoms. The number of nitrogens with one attached hydrogen (secondary N) is 2. The summed E-state index contributed by atoms with van der Waals surface area (Å²) < 4.78 is 0. The van der Waals surface area contributed by atoms with Gasteiger partial charge in [0.15, 0.2) is 0 Å². The first-order valence-corrected chi connectivity index (χ1v) is 11.7. The number of hydrogen-bond donors (Lipinski definition) is 2. The zero-order valence-electron chi connectivity index (χ0n) is 19.4. The molecule has 0 saturated carbocycles. The van der Waals surface area contributed by atoms with Crippen LogP contribution in [0.25, 0.3) is 22.2 Å². The number of nitrogens with zero attached hydrogens (tertiary/aromatic N) is 4. The third-order valence-electron chi connectivity index (χ3n) is 5.65. The summed E-state index contributed by atoms with van der Waals surface area (Å²) in [6.07, 6.45) is 5.04. The molecule has 7 nitrogen and oxygen atoms in total. The Morgan fingerprint density at radius 1 is 1.06 bits per heavy atom. The molecule has 34 heavy (non-hydrogen) atoms. The van der Waals surface area contributed by atoms with E-state index < -0.39 is 0 Å². The van der Waals surface area contributed by atoms with Crippen molar-refractivity contribution >= 4 is 34.2 Å². The zero-order chi connectivity index (χ0) is 24.1. The van der Waals surface area contributed by atoms with Crippen LogP contribution < -0.4 is 10.6 Å². The summed E-state index contributed by atoms with van der Waals surface area (Å²) in [5.74, 6) is 1.06. The van der Waals surface area contributed by atoms with Gasteiger partial charge in [0.25, 0.3) is 5.91 Å². The van der Waals surface area contributed by atoms with Crippen LogP contribution in [0.4, 0.5) is 5.82 Å². The molecule has 0 fully saturated rings. The van der Waals surface area contributed by atoms with Crippen LogP contribution in [0.3, 0.4) is 0 Å². The number of amides is 1. The summed E-state index contributed by atoms with van der Waals surface area (Å²) in [5.41, 5.74) is 5.18. The molecule has 1 amide bonds. The highest BCUT2D eigenvalue weighted by Crippen LogP contribution is 2.27. The van der Waals surface area contributed by atoms with E-state index in [-0.39, 0.29) is 17.9 Å². The maximum absolute atomic E-state index is 12.8. The maximum atomic E-state index is 12.8. The molecule has 4 aromatic rings. The fourth-order valence-corrected chi connectivity index (χ4v) is 3.81. The number of pyridine rings is 2. The van der Waals surface area contributed by atoms with Crippen molar-refractivity contribution in [2.24, 2.45) is 0 Å². The smallest absolute Gasteiger partial charge is 0.252 e. The highest BCUT2D eigenvalue weighted by atomic mass is 35.5. The number of rotatable bonds is 8. The number of halogens is 1. The molecular weight excluding hydrogens is 448 g/mol. The average molecular weight is 475 g/mol. The van der Waals surface area contributed by atoms with Gasteiger partial charge in [0, 0.05) is 59.5 Å². The molecule has 1 unspecified atom stereocenters. The minimum absolute atomic E-state index is 0.114. The first-order chi connectivity index (χ1) is 16.5. The first-order valence-electron chi connectivity index (χ1n) is 11.2. The Hall–Kier alpha value is -3.58. The van der Waals surface area contributed by atoms with Gasteiger partial charge >= 0.3 is 0 Å². The lowest BCUT2D eigenvalue weighted by atomic mass is 9.96. The summed E-state index contributed by atoms with van der Waals surface area (Å²) in [6.45, 7) is 6.60. The normalized spacial score (nSPS) is 12.8. The standard InChI is InChI=1S/C26H27ClN6O/c1-16(13-30-24-11-23(31-15-32-24)19-8-7-17(2)29-14-19)20-5-4-6-21-22(9-10-28-25(20)21)26(34)33-18(3)12-27/h4-11,14-16,18H,12-13H2,1-3H3,(H,33,34)(H,30,31,32)/t16-,18?/m1/s1. The Morgan fingerprint density at radius 3 is 2.68 bits per heavy atom. The van der Waals surface area contributed by atoms with Crippen molar-refractivity contribution in [3.8, 4) is 11.3 Å². The van der Waals surface area contributed by atoms with Gasteiger partial charge in [-0.25, -0.2) is 9.97 Å². The van der Waals surface area contributed by atoms with Gasteiger partial charge in [-0.15, -0.1) is 11.6 Å². The molecule has 0 spiro atoms. The van der Waals surface area contributed by atoms with Gasteiger partial charge in [-0.3, -0.25) is 14.8 Å². The molecule has 2 atom stereocenters. The summed E-state index contributed by atoms with van der Waals surface area (Å²) in [5, 5.41) is 7.15. The second-order valence-electron chi connectivity index (χ2n) is 8.39. The van der Waals surface area contributed by atoms with Gasteiger partial charge in [0.2, 0.25) is 0 Å². The fourth-order valence-electron chi connectivity index (χ4n) is 3.73. The number of aryl methyl sites for hydroxylation is 1. The Balaban J connectivity index is 1.53. The minimum Gasteiger partial charge on any atom is -0.369 e. The van der Waals surface area contributed by atoms with E-state index in [4.69, 9.17) is 11.6 Å². The van der Waals surface area contributed by atoms with Crippen molar-refractivity contribution in [2.75, 3.05) is 17.7 Å². The third-order valence-corrected chi connectivity index (χ3v) is 6.11. The lowest BCUT2D eigenvalue weighted by Crippen LogP contribution is -2.33. The quantitative estimate of drug-likeness (QED) is 0.350. The van der Waals surface area contributed by atoms with Crippen LogP contribution in [0.5, 0.6) is 0 Å². The fraction of sp³-hybridized carbons (Fsp3) is 0.269. The summed E-state index contributed by atoms with van der Waals surface area (Å²) in [7, 11) is 0. The molecule has 0 aliphatic rings. The lowest BCUT2D eigenvalue weighted by molar-refractivity contribution is 0.0945. The van der Waals surface area contributed by atoms with Gasteiger partial charge in [0.1, 0.15) is 12.1 Å². The van der Waals surface area contributed by atoms with E-state index >= 15 is 0 Å². The van der Waals surface area contributed by atoms with Crippen LogP contribution in [0, 0.1) is 6.92 Å².